The Hall–Kier alpha value is -2.67. The van der Waals surface area contributed by atoms with E-state index in [1.807, 2.05) is 13.8 Å². The molecule has 138 valence electrons. The normalized spacial score (nSPS) is 11.1. The van der Waals surface area contributed by atoms with Gasteiger partial charge in [-0.25, -0.2) is 12.7 Å². The van der Waals surface area contributed by atoms with E-state index < -0.39 is 21.9 Å². The van der Waals surface area contributed by atoms with Crippen LogP contribution in [0.3, 0.4) is 0 Å². The minimum Gasteiger partial charge on any atom is -0.427 e. The van der Waals surface area contributed by atoms with Crippen molar-refractivity contribution in [3.05, 3.63) is 53.1 Å². The number of carbonyl (C=O) groups is 2. The van der Waals surface area contributed by atoms with Gasteiger partial charge in [0.1, 0.15) is 5.75 Å². The van der Waals surface area contributed by atoms with Gasteiger partial charge in [-0.1, -0.05) is 6.07 Å². The molecule has 6 nitrogen and oxygen atoms in total. The van der Waals surface area contributed by atoms with Crippen molar-refractivity contribution >= 4 is 27.6 Å². The molecule has 0 unspecified atom stereocenters. The summed E-state index contributed by atoms with van der Waals surface area (Å²) in [6, 6.07) is 9.08. The molecule has 0 atom stereocenters. The van der Waals surface area contributed by atoms with Gasteiger partial charge in [-0.2, -0.15) is 0 Å². The second-order valence-electron chi connectivity index (χ2n) is 6.08. The first-order valence-electron chi connectivity index (χ1n) is 7.96. The number of rotatable bonds is 4. The summed E-state index contributed by atoms with van der Waals surface area (Å²) in [5.74, 6) is -0.855. The Balaban J connectivity index is 2.54. The zero-order valence-electron chi connectivity index (χ0n) is 15.4. The fourth-order valence-corrected chi connectivity index (χ4v) is 4.34. The highest BCUT2D eigenvalue weighted by molar-refractivity contribution is 7.93. The summed E-state index contributed by atoms with van der Waals surface area (Å²) in [6.07, 6.45) is 0. The summed E-state index contributed by atoms with van der Waals surface area (Å²) in [5.41, 5.74) is 2.53. The van der Waals surface area contributed by atoms with E-state index in [9.17, 15) is 18.0 Å². The minimum atomic E-state index is -4.08. The molecular weight excluding hydrogens is 354 g/mol. The second kappa shape index (κ2) is 7.29. The predicted molar refractivity (Wildman–Crippen MR) is 98.7 cm³/mol. The average molecular weight is 375 g/mol. The molecule has 0 N–H and O–H groups in total. The van der Waals surface area contributed by atoms with Gasteiger partial charge in [0.2, 0.25) is 5.91 Å². The number of amides is 1. The molecule has 2 aromatic rings. The van der Waals surface area contributed by atoms with Crippen molar-refractivity contribution in [2.75, 3.05) is 4.31 Å². The molecule has 0 saturated heterocycles. The smallest absolute Gasteiger partial charge is 0.308 e. The molecule has 2 rings (SSSR count). The van der Waals surface area contributed by atoms with Crippen molar-refractivity contribution in [3.63, 3.8) is 0 Å². The monoisotopic (exact) mass is 375 g/mol. The molecule has 0 heterocycles. The average Bonchev–Trinajstić information content (AvgIpc) is 2.51. The number of sulfonamides is 1. The van der Waals surface area contributed by atoms with Gasteiger partial charge in [-0.05, 0) is 67.8 Å². The van der Waals surface area contributed by atoms with Crippen LogP contribution in [0.5, 0.6) is 5.75 Å². The van der Waals surface area contributed by atoms with E-state index in [2.05, 4.69) is 0 Å². The van der Waals surface area contributed by atoms with Crippen LogP contribution in [0.2, 0.25) is 0 Å². The third kappa shape index (κ3) is 3.94. The van der Waals surface area contributed by atoms with E-state index in [1.165, 1.54) is 38.1 Å². The number of carbonyl (C=O) groups excluding carboxylic acids is 2. The van der Waals surface area contributed by atoms with E-state index in [0.717, 1.165) is 15.4 Å². The highest BCUT2D eigenvalue weighted by atomic mass is 32.2. The lowest BCUT2D eigenvalue weighted by Gasteiger charge is -2.23. The summed E-state index contributed by atoms with van der Waals surface area (Å²) in [5, 5.41) is 0. The first kappa shape index (κ1) is 19.7. The second-order valence-corrected chi connectivity index (χ2v) is 7.83. The number of hydrogen-bond acceptors (Lipinski definition) is 5. The molecule has 0 saturated carbocycles. The summed E-state index contributed by atoms with van der Waals surface area (Å²) in [7, 11) is -4.08. The third-order valence-electron chi connectivity index (χ3n) is 3.93. The zero-order valence-corrected chi connectivity index (χ0v) is 16.2. The summed E-state index contributed by atoms with van der Waals surface area (Å²) in [6.45, 7) is 7.87. The Bertz CT molecular complexity index is 962. The van der Waals surface area contributed by atoms with Gasteiger partial charge in [-0.15, -0.1) is 0 Å². The van der Waals surface area contributed by atoms with Gasteiger partial charge in [0.15, 0.2) is 0 Å². The minimum absolute atomic E-state index is 0.0832. The highest BCUT2D eigenvalue weighted by Crippen LogP contribution is 2.29. The van der Waals surface area contributed by atoms with Gasteiger partial charge < -0.3 is 4.74 Å². The van der Waals surface area contributed by atoms with Crippen LogP contribution < -0.4 is 9.04 Å². The topological polar surface area (TPSA) is 80.8 Å². The molecule has 0 bridgehead atoms. The molecule has 0 spiro atoms. The highest BCUT2D eigenvalue weighted by Gasteiger charge is 2.30. The Labute approximate surface area is 153 Å². The number of hydrogen-bond donors (Lipinski definition) is 0. The van der Waals surface area contributed by atoms with Crippen molar-refractivity contribution in [3.8, 4) is 5.75 Å². The number of aryl methyl sites for hydroxylation is 3. The van der Waals surface area contributed by atoms with E-state index in [0.29, 0.717) is 5.56 Å². The van der Waals surface area contributed by atoms with Crippen LogP contribution in [0.25, 0.3) is 0 Å². The van der Waals surface area contributed by atoms with Crippen molar-refractivity contribution in [1.82, 2.24) is 0 Å². The first-order valence-corrected chi connectivity index (χ1v) is 9.40. The Morgan fingerprint density at radius 1 is 0.885 bits per heavy atom. The molecule has 0 aromatic heterocycles. The number of anilines is 1. The van der Waals surface area contributed by atoms with Crippen molar-refractivity contribution in [2.24, 2.45) is 0 Å². The number of benzene rings is 2. The molecule has 0 radical (unpaired) electrons. The summed E-state index contributed by atoms with van der Waals surface area (Å²) < 4.78 is 32.0. The molecular formula is C19H21NO5S. The molecule has 26 heavy (non-hydrogen) atoms. The van der Waals surface area contributed by atoms with Crippen LogP contribution in [0, 0.1) is 20.8 Å². The van der Waals surface area contributed by atoms with E-state index in [-0.39, 0.29) is 16.3 Å². The third-order valence-corrected chi connectivity index (χ3v) is 5.87. The van der Waals surface area contributed by atoms with Crippen LogP contribution in [0.4, 0.5) is 5.69 Å². The van der Waals surface area contributed by atoms with E-state index in [4.69, 9.17) is 4.74 Å². The van der Waals surface area contributed by atoms with Crippen molar-refractivity contribution in [2.45, 2.75) is 39.5 Å². The van der Waals surface area contributed by atoms with Gasteiger partial charge in [0.25, 0.3) is 10.0 Å². The lowest BCUT2D eigenvalue weighted by Crippen LogP contribution is -2.35. The van der Waals surface area contributed by atoms with Gasteiger partial charge in [0.05, 0.1) is 10.6 Å². The largest absolute Gasteiger partial charge is 0.427 e. The number of nitrogens with zero attached hydrogens (tertiary/aromatic N) is 1. The zero-order chi connectivity index (χ0) is 19.6. The predicted octanol–water partition coefficient (Wildman–Crippen LogP) is 3.28. The lowest BCUT2D eigenvalue weighted by molar-refractivity contribution is -0.131. The van der Waals surface area contributed by atoms with Gasteiger partial charge in [0, 0.05) is 13.8 Å². The van der Waals surface area contributed by atoms with Crippen LogP contribution in [-0.4, -0.2) is 20.3 Å². The molecule has 1 amide bonds. The lowest BCUT2D eigenvalue weighted by atomic mass is 10.1. The molecule has 0 aliphatic heterocycles. The van der Waals surface area contributed by atoms with Crippen molar-refractivity contribution in [1.29, 1.82) is 0 Å². The van der Waals surface area contributed by atoms with Crippen LogP contribution in [-0.2, 0) is 19.6 Å². The molecule has 0 aliphatic carbocycles. The fraction of sp³-hybridized carbons (Fsp3) is 0.263. The molecule has 0 aliphatic rings. The number of ether oxygens (including phenoxy) is 1. The molecule has 7 heteroatoms. The van der Waals surface area contributed by atoms with E-state index >= 15 is 0 Å². The Morgan fingerprint density at radius 2 is 1.42 bits per heavy atom. The maximum atomic E-state index is 13.1. The summed E-state index contributed by atoms with van der Waals surface area (Å²) in [4.78, 5) is 23.2. The van der Waals surface area contributed by atoms with Crippen LogP contribution in [0.15, 0.2) is 41.3 Å². The Morgan fingerprint density at radius 3 is 1.92 bits per heavy atom. The maximum absolute atomic E-state index is 13.1. The van der Waals surface area contributed by atoms with E-state index in [1.54, 1.807) is 19.1 Å². The van der Waals surface area contributed by atoms with Crippen LogP contribution >= 0.6 is 0 Å². The molecule has 0 fully saturated rings. The van der Waals surface area contributed by atoms with Crippen molar-refractivity contribution < 1.29 is 22.7 Å². The fourth-order valence-electron chi connectivity index (χ4n) is 2.62. The SMILES string of the molecule is CC(=O)Oc1ccc(N(C(C)=O)S(=O)(=O)c2cc(C)c(C)cc2C)cc1. The number of esters is 1. The van der Waals surface area contributed by atoms with Gasteiger partial charge >= 0.3 is 5.97 Å². The maximum Gasteiger partial charge on any atom is 0.308 e. The molecule has 2 aromatic carbocycles. The Kier molecular flexibility index (Phi) is 5.51. The standard InChI is InChI=1S/C19H21NO5S/c1-12-10-14(3)19(11-13(12)2)26(23,24)20(15(4)21)17-6-8-18(9-7-17)25-16(5)22/h6-11H,1-5H3. The summed E-state index contributed by atoms with van der Waals surface area (Å²) >= 11 is 0. The first-order chi connectivity index (χ1) is 12.0. The van der Waals surface area contributed by atoms with Crippen LogP contribution in [0.1, 0.15) is 30.5 Å². The van der Waals surface area contributed by atoms with Gasteiger partial charge in [-0.3, -0.25) is 9.59 Å². The quantitative estimate of drug-likeness (QED) is 0.605.